The predicted octanol–water partition coefficient (Wildman–Crippen LogP) is 2.71. The van der Waals surface area contributed by atoms with Gasteiger partial charge in [0.15, 0.2) is 0 Å². The summed E-state index contributed by atoms with van der Waals surface area (Å²) < 4.78 is 0. The maximum atomic E-state index is 4.30. The first-order chi connectivity index (χ1) is 8.76. The van der Waals surface area contributed by atoms with Gasteiger partial charge >= 0.3 is 0 Å². The van der Waals surface area contributed by atoms with Crippen LogP contribution >= 0.6 is 11.3 Å². The Bertz CT molecular complexity index is 350. The van der Waals surface area contributed by atoms with E-state index < -0.39 is 0 Å². The maximum absolute atomic E-state index is 4.30. The van der Waals surface area contributed by atoms with E-state index in [0.717, 1.165) is 13.1 Å². The molecule has 2 rings (SSSR count). The Kier molecular flexibility index (Phi) is 5.15. The molecule has 0 saturated carbocycles. The van der Waals surface area contributed by atoms with Gasteiger partial charge in [-0.1, -0.05) is 13.3 Å². The van der Waals surface area contributed by atoms with Crippen molar-refractivity contribution in [2.75, 3.05) is 19.6 Å². The first-order valence-electron chi connectivity index (χ1n) is 7.06. The van der Waals surface area contributed by atoms with Gasteiger partial charge in [-0.2, -0.15) is 0 Å². The molecule has 0 amide bonds. The van der Waals surface area contributed by atoms with E-state index in [4.69, 9.17) is 0 Å². The van der Waals surface area contributed by atoms with E-state index in [1.165, 1.54) is 49.3 Å². The highest BCUT2D eigenvalue weighted by Gasteiger charge is 2.30. The highest BCUT2D eigenvalue weighted by Crippen LogP contribution is 2.31. The summed E-state index contributed by atoms with van der Waals surface area (Å²) in [5.74, 6) is 0. The summed E-state index contributed by atoms with van der Waals surface area (Å²) in [4.78, 5) is 5.68. The smallest absolute Gasteiger partial charge is 0.0798 e. The molecular formula is C14H25N3S. The summed E-state index contributed by atoms with van der Waals surface area (Å²) in [5, 5.41) is 7.22. The number of rotatable bonds is 6. The lowest BCUT2D eigenvalue weighted by Crippen LogP contribution is -2.46. The van der Waals surface area contributed by atoms with Crippen molar-refractivity contribution in [3.05, 3.63) is 16.1 Å². The molecule has 4 heteroatoms. The first-order valence-corrected chi connectivity index (χ1v) is 7.94. The van der Waals surface area contributed by atoms with Crippen LogP contribution in [-0.4, -0.2) is 24.6 Å². The van der Waals surface area contributed by atoms with Crippen LogP contribution < -0.4 is 10.6 Å². The van der Waals surface area contributed by atoms with Gasteiger partial charge < -0.3 is 10.6 Å². The Morgan fingerprint density at radius 3 is 3.06 bits per heavy atom. The Hall–Kier alpha value is -0.450. The van der Waals surface area contributed by atoms with Crippen molar-refractivity contribution in [3.63, 3.8) is 0 Å². The van der Waals surface area contributed by atoms with Crippen LogP contribution in [0.1, 0.15) is 43.2 Å². The lowest BCUT2D eigenvalue weighted by molar-refractivity contribution is 0.182. The van der Waals surface area contributed by atoms with Gasteiger partial charge in [0.2, 0.25) is 0 Å². The molecule has 0 aromatic carbocycles. The number of nitrogens with one attached hydrogen (secondary N) is 2. The summed E-state index contributed by atoms with van der Waals surface area (Å²) in [6, 6.07) is 0. The van der Waals surface area contributed by atoms with E-state index >= 15 is 0 Å². The van der Waals surface area contributed by atoms with E-state index in [2.05, 4.69) is 29.5 Å². The molecule has 1 fully saturated rings. The summed E-state index contributed by atoms with van der Waals surface area (Å²) in [6.07, 6.45) is 5.29. The number of hydrogen-bond donors (Lipinski definition) is 2. The zero-order chi connectivity index (χ0) is 12.8. The molecule has 0 bridgehead atoms. The standard InChI is InChI=1S/C14H25N3S/c1-3-5-14(6-4-7-15-9-14)10-16-8-13-12(2)17-11-18-13/h11,15-16H,3-10H2,1-2H3. The van der Waals surface area contributed by atoms with Gasteiger partial charge in [-0.15, -0.1) is 11.3 Å². The molecule has 0 spiro atoms. The van der Waals surface area contributed by atoms with Crippen LogP contribution in [0, 0.1) is 12.3 Å². The fourth-order valence-corrected chi connectivity index (χ4v) is 3.70. The van der Waals surface area contributed by atoms with E-state index in [0.29, 0.717) is 5.41 Å². The van der Waals surface area contributed by atoms with Gasteiger partial charge in [0, 0.05) is 24.5 Å². The maximum Gasteiger partial charge on any atom is 0.0798 e. The van der Waals surface area contributed by atoms with Gasteiger partial charge in [0.1, 0.15) is 0 Å². The third kappa shape index (κ3) is 3.53. The lowest BCUT2D eigenvalue weighted by Gasteiger charge is -2.38. The van der Waals surface area contributed by atoms with E-state index in [-0.39, 0.29) is 0 Å². The third-order valence-electron chi connectivity index (χ3n) is 3.97. The summed E-state index contributed by atoms with van der Waals surface area (Å²) in [5.41, 5.74) is 3.60. The minimum absolute atomic E-state index is 0.478. The van der Waals surface area contributed by atoms with Crippen LogP contribution in [0.4, 0.5) is 0 Å². The molecule has 102 valence electrons. The second-order valence-corrected chi connectivity index (χ2v) is 6.43. The van der Waals surface area contributed by atoms with Crippen molar-refractivity contribution >= 4 is 11.3 Å². The average Bonchev–Trinajstić information content (AvgIpc) is 2.77. The van der Waals surface area contributed by atoms with E-state index in [1.807, 2.05) is 5.51 Å². The van der Waals surface area contributed by atoms with Gasteiger partial charge in [-0.25, -0.2) is 4.98 Å². The van der Waals surface area contributed by atoms with E-state index in [1.54, 1.807) is 11.3 Å². The molecule has 1 aliphatic rings. The van der Waals surface area contributed by atoms with Crippen molar-refractivity contribution in [2.24, 2.45) is 5.41 Å². The second kappa shape index (κ2) is 6.64. The molecule has 18 heavy (non-hydrogen) atoms. The molecule has 3 nitrogen and oxygen atoms in total. The zero-order valence-corrected chi connectivity index (χ0v) is 12.4. The van der Waals surface area contributed by atoms with Crippen LogP contribution in [0.2, 0.25) is 0 Å². The number of piperidine rings is 1. The van der Waals surface area contributed by atoms with Crippen molar-refractivity contribution in [2.45, 2.75) is 46.1 Å². The average molecular weight is 267 g/mol. The summed E-state index contributed by atoms with van der Waals surface area (Å²) in [7, 11) is 0. The minimum atomic E-state index is 0.478. The quantitative estimate of drug-likeness (QED) is 0.832. The number of thiazole rings is 1. The molecule has 1 aromatic heterocycles. The van der Waals surface area contributed by atoms with Gasteiger partial charge in [0.05, 0.1) is 11.2 Å². The van der Waals surface area contributed by atoms with E-state index in [9.17, 15) is 0 Å². The summed E-state index contributed by atoms with van der Waals surface area (Å²) >= 11 is 1.76. The van der Waals surface area contributed by atoms with Crippen molar-refractivity contribution < 1.29 is 0 Å². The van der Waals surface area contributed by atoms with Crippen LogP contribution in [-0.2, 0) is 6.54 Å². The van der Waals surface area contributed by atoms with Gasteiger partial charge in [-0.05, 0) is 38.1 Å². The highest BCUT2D eigenvalue weighted by molar-refractivity contribution is 7.09. The molecule has 0 aliphatic carbocycles. The molecule has 1 aromatic rings. The van der Waals surface area contributed by atoms with Crippen molar-refractivity contribution in [1.29, 1.82) is 0 Å². The van der Waals surface area contributed by atoms with Crippen LogP contribution in [0.5, 0.6) is 0 Å². The Morgan fingerprint density at radius 1 is 1.56 bits per heavy atom. The monoisotopic (exact) mass is 267 g/mol. The number of hydrogen-bond acceptors (Lipinski definition) is 4. The number of nitrogens with zero attached hydrogens (tertiary/aromatic N) is 1. The largest absolute Gasteiger partial charge is 0.316 e. The second-order valence-electron chi connectivity index (χ2n) is 5.49. The molecule has 1 saturated heterocycles. The molecule has 1 unspecified atom stereocenters. The van der Waals surface area contributed by atoms with Gasteiger partial charge in [-0.3, -0.25) is 0 Å². The Morgan fingerprint density at radius 2 is 2.44 bits per heavy atom. The SMILES string of the molecule is CCCC1(CNCc2scnc2C)CCCNC1. The molecular weight excluding hydrogens is 242 g/mol. The number of aryl methyl sites for hydroxylation is 1. The first kappa shape index (κ1) is 14.0. The zero-order valence-electron chi connectivity index (χ0n) is 11.6. The fourth-order valence-electron chi connectivity index (χ4n) is 2.95. The molecule has 0 radical (unpaired) electrons. The summed E-state index contributed by atoms with van der Waals surface area (Å²) in [6.45, 7) is 8.86. The molecule has 2 heterocycles. The molecule has 2 N–H and O–H groups in total. The normalized spacial score (nSPS) is 24.3. The van der Waals surface area contributed by atoms with Crippen LogP contribution in [0.25, 0.3) is 0 Å². The van der Waals surface area contributed by atoms with Gasteiger partial charge in [0.25, 0.3) is 0 Å². The fraction of sp³-hybridized carbons (Fsp3) is 0.786. The lowest BCUT2D eigenvalue weighted by atomic mass is 9.77. The van der Waals surface area contributed by atoms with Crippen LogP contribution in [0.15, 0.2) is 5.51 Å². The highest BCUT2D eigenvalue weighted by atomic mass is 32.1. The number of aromatic nitrogens is 1. The third-order valence-corrected chi connectivity index (χ3v) is 4.91. The minimum Gasteiger partial charge on any atom is -0.316 e. The Labute approximate surface area is 114 Å². The van der Waals surface area contributed by atoms with Crippen molar-refractivity contribution in [3.8, 4) is 0 Å². The Balaban J connectivity index is 1.84. The topological polar surface area (TPSA) is 37.0 Å². The molecule has 1 atom stereocenters. The predicted molar refractivity (Wildman–Crippen MR) is 78.0 cm³/mol. The van der Waals surface area contributed by atoms with Crippen LogP contribution in [0.3, 0.4) is 0 Å². The molecule has 1 aliphatic heterocycles. The van der Waals surface area contributed by atoms with Crippen molar-refractivity contribution in [1.82, 2.24) is 15.6 Å².